The van der Waals surface area contributed by atoms with Crippen LogP contribution < -0.4 is 9.46 Å². The summed E-state index contributed by atoms with van der Waals surface area (Å²) in [4.78, 5) is 9.14. The van der Waals surface area contributed by atoms with Gasteiger partial charge in [-0.1, -0.05) is 54.6 Å². The number of benzene rings is 3. The molecule has 7 heteroatoms. The van der Waals surface area contributed by atoms with Crippen molar-refractivity contribution < 1.29 is 13.2 Å². The molecule has 0 aliphatic rings. The van der Waals surface area contributed by atoms with Gasteiger partial charge in [0.2, 0.25) is 5.82 Å². The van der Waals surface area contributed by atoms with Crippen molar-refractivity contribution in [2.24, 2.45) is 0 Å². The zero-order valence-corrected chi connectivity index (χ0v) is 18.0. The van der Waals surface area contributed by atoms with Crippen LogP contribution in [-0.2, 0) is 16.4 Å². The normalized spacial score (nSPS) is 11.4. The number of sulfonamides is 1. The lowest BCUT2D eigenvalue weighted by atomic mass is 10.1. The summed E-state index contributed by atoms with van der Waals surface area (Å²) in [5.74, 6) is 0.253. The Morgan fingerprint density at radius 2 is 1.58 bits per heavy atom. The third-order valence-electron chi connectivity index (χ3n) is 4.76. The molecule has 0 unspecified atom stereocenters. The van der Waals surface area contributed by atoms with Crippen molar-refractivity contribution in [3.8, 4) is 5.88 Å². The number of nitrogens with one attached hydrogen (secondary N) is 1. The van der Waals surface area contributed by atoms with Crippen molar-refractivity contribution in [1.29, 1.82) is 0 Å². The molecule has 1 aromatic heterocycles. The van der Waals surface area contributed by atoms with Gasteiger partial charge in [0.1, 0.15) is 0 Å². The van der Waals surface area contributed by atoms with Crippen LogP contribution in [-0.4, -0.2) is 25.0 Å². The second kappa shape index (κ2) is 9.14. The summed E-state index contributed by atoms with van der Waals surface area (Å²) in [7, 11) is -3.83. The molecule has 0 saturated heterocycles. The fourth-order valence-corrected chi connectivity index (χ4v) is 4.31. The number of para-hydroxylation sites is 2. The van der Waals surface area contributed by atoms with Crippen molar-refractivity contribution in [2.75, 3.05) is 11.3 Å². The fourth-order valence-electron chi connectivity index (χ4n) is 3.21. The maximum Gasteiger partial charge on any atom is 0.263 e. The van der Waals surface area contributed by atoms with E-state index >= 15 is 0 Å². The van der Waals surface area contributed by atoms with Gasteiger partial charge in [0.05, 0.1) is 22.5 Å². The smallest absolute Gasteiger partial charge is 0.263 e. The first-order valence-corrected chi connectivity index (χ1v) is 11.5. The van der Waals surface area contributed by atoms with Gasteiger partial charge in [-0.15, -0.1) is 0 Å². The molecule has 0 aliphatic heterocycles. The highest BCUT2D eigenvalue weighted by atomic mass is 32.2. The van der Waals surface area contributed by atoms with Gasteiger partial charge in [-0.3, -0.25) is 4.72 Å². The highest BCUT2D eigenvalue weighted by molar-refractivity contribution is 7.92. The summed E-state index contributed by atoms with van der Waals surface area (Å²) < 4.78 is 34.3. The molecule has 1 heterocycles. The van der Waals surface area contributed by atoms with E-state index in [1.165, 1.54) is 5.56 Å². The summed E-state index contributed by atoms with van der Waals surface area (Å²) in [5, 5.41) is 0. The molecule has 0 bridgehead atoms. The van der Waals surface area contributed by atoms with Crippen LogP contribution >= 0.6 is 0 Å². The predicted molar refractivity (Wildman–Crippen MR) is 122 cm³/mol. The Balaban J connectivity index is 1.57. The molecule has 0 saturated carbocycles. The molecule has 4 aromatic rings. The number of aromatic nitrogens is 2. The maximum absolute atomic E-state index is 12.9. The molecule has 0 fully saturated rings. The summed E-state index contributed by atoms with van der Waals surface area (Å²) in [6.07, 6.45) is 1.62. The highest BCUT2D eigenvalue weighted by Gasteiger charge is 2.19. The Bertz CT molecular complexity index is 1290. The Morgan fingerprint density at radius 1 is 0.871 bits per heavy atom. The second-order valence-electron chi connectivity index (χ2n) is 7.23. The molecular formula is C24H23N3O3S. The molecule has 31 heavy (non-hydrogen) atoms. The number of hydrogen-bond acceptors (Lipinski definition) is 5. The van der Waals surface area contributed by atoms with Crippen LogP contribution in [0, 0.1) is 6.92 Å². The van der Waals surface area contributed by atoms with Crippen LogP contribution in [0.3, 0.4) is 0 Å². The third kappa shape index (κ3) is 5.19. The molecule has 0 amide bonds. The van der Waals surface area contributed by atoms with Gasteiger partial charge in [0.25, 0.3) is 15.9 Å². The quantitative estimate of drug-likeness (QED) is 0.406. The number of anilines is 1. The van der Waals surface area contributed by atoms with Gasteiger partial charge in [0.15, 0.2) is 0 Å². The van der Waals surface area contributed by atoms with E-state index in [-0.39, 0.29) is 16.6 Å². The summed E-state index contributed by atoms with van der Waals surface area (Å²) in [5.41, 5.74) is 3.29. The van der Waals surface area contributed by atoms with Crippen LogP contribution in [0.5, 0.6) is 5.88 Å². The van der Waals surface area contributed by atoms with Crippen molar-refractivity contribution in [1.82, 2.24) is 9.97 Å². The first kappa shape index (κ1) is 20.8. The summed E-state index contributed by atoms with van der Waals surface area (Å²) in [6.45, 7) is 2.23. The van der Waals surface area contributed by atoms with E-state index < -0.39 is 10.0 Å². The lowest BCUT2D eigenvalue weighted by Crippen LogP contribution is -2.16. The SMILES string of the molecule is Cc1cccc(S(=O)(=O)Nc2nc3ccccc3nc2OCCCc2ccccc2)c1. The van der Waals surface area contributed by atoms with Crippen LogP contribution in [0.1, 0.15) is 17.5 Å². The molecule has 0 spiro atoms. The molecule has 0 atom stereocenters. The summed E-state index contributed by atoms with van der Waals surface area (Å²) in [6, 6.07) is 24.1. The Morgan fingerprint density at radius 3 is 2.32 bits per heavy atom. The van der Waals surface area contributed by atoms with Crippen LogP contribution in [0.2, 0.25) is 0 Å². The lowest BCUT2D eigenvalue weighted by molar-refractivity contribution is 0.301. The zero-order valence-electron chi connectivity index (χ0n) is 17.2. The van der Waals surface area contributed by atoms with Crippen LogP contribution in [0.25, 0.3) is 11.0 Å². The van der Waals surface area contributed by atoms with Crippen molar-refractivity contribution in [2.45, 2.75) is 24.7 Å². The molecule has 0 aliphatic carbocycles. The van der Waals surface area contributed by atoms with E-state index in [2.05, 4.69) is 26.8 Å². The Labute approximate surface area is 182 Å². The van der Waals surface area contributed by atoms with E-state index in [1.54, 1.807) is 24.3 Å². The predicted octanol–water partition coefficient (Wildman–Crippen LogP) is 4.75. The Kier molecular flexibility index (Phi) is 6.13. The van der Waals surface area contributed by atoms with Gasteiger partial charge in [0, 0.05) is 0 Å². The molecule has 158 valence electrons. The minimum Gasteiger partial charge on any atom is -0.475 e. The van der Waals surface area contributed by atoms with E-state index in [0.29, 0.717) is 17.6 Å². The highest BCUT2D eigenvalue weighted by Crippen LogP contribution is 2.26. The number of ether oxygens (including phenoxy) is 1. The minimum atomic E-state index is -3.83. The Hall–Kier alpha value is -3.45. The van der Waals surface area contributed by atoms with Gasteiger partial charge in [-0.2, -0.15) is 0 Å². The topological polar surface area (TPSA) is 81.2 Å². The zero-order chi connectivity index (χ0) is 21.7. The van der Waals surface area contributed by atoms with Crippen molar-refractivity contribution in [3.05, 3.63) is 90.0 Å². The number of fused-ring (bicyclic) bond motifs is 1. The molecule has 1 N–H and O–H groups in total. The second-order valence-corrected chi connectivity index (χ2v) is 8.91. The van der Waals surface area contributed by atoms with Crippen molar-refractivity contribution >= 4 is 26.9 Å². The van der Waals surface area contributed by atoms with Gasteiger partial charge < -0.3 is 4.74 Å². The number of aryl methyl sites for hydroxylation is 2. The fraction of sp³-hybridized carbons (Fsp3) is 0.167. The molecule has 3 aromatic carbocycles. The average molecular weight is 434 g/mol. The third-order valence-corrected chi connectivity index (χ3v) is 6.10. The summed E-state index contributed by atoms with van der Waals surface area (Å²) >= 11 is 0. The van der Waals surface area contributed by atoms with Gasteiger partial charge >= 0.3 is 0 Å². The van der Waals surface area contributed by atoms with Crippen LogP contribution in [0.15, 0.2) is 83.8 Å². The number of nitrogens with zero attached hydrogens (tertiary/aromatic N) is 2. The van der Waals surface area contributed by atoms with Crippen molar-refractivity contribution in [3.63, 3.8) is 0 Å². The standard InChI is InChI=1S/C24H23N3O3S/c1-18-9-7-13-20(17-18)31(28,29)27-23-24(26-22-15-6-5-14-21(22)25-23)30-16-8-12-19-10-3-2-4-11-19/h2-7,9-11,13-15,17H,8,12,16H2,1H3,(H,25,27). The molecule has 0 radical (unpaired) electrons. The number of rotatable bonds is 8. The largest absolute Gasteiger partial charge is 0.475 e. The van der Waals surface area contributed by atoms with E-state index in [9.17, 15) is 8.42 Å². The van der Waals surface area contributed by atoms with Crippen LogP contribution in [0.4, 0.5) is 5.82 Å². The lowest BCUT2D eigenvalue weighted by Gasteiger charge is -2.13. The van der Waals surface area contributed by atoms with Gasteiger partial charge in [-0.05, 0) is 55.2 Å². The average Bonchev–Trinajstić information content (AvgIpc) is 2.77. The van der Waals surface area contributed by atoms with E-state index in [4.69, 9.17) is 4.74 Å². The minimum absolute atomic E-state index is 0.0833. The first-order chi connectivity index (χ1) is 15.0. The monoisotopic (exact) mass is 433 g/mol. The molecule has 6 nitrogen and oxygen atoms in total. The first-order valence-electron chi connectivity index (χ1n) is 10.0. The molecular weight excluding hydrogens is 410 g/mol. The maximum atomic E-state index is 12.9. The molecule has 4 rings (SSSR count). The van der Waals surface area contributed by atoms with E-state index in [0.717, 1.165) is 18.4 Å². The number of hydrogen-bond donors (Lipinski definition) is 1. The van der Waals surface area contributed by atoms with Gasteiger partial charge in [-0.25, -0.2) is 18.4 Å². The van der Waals surface area contributed by atoms with E-state index in [1.807, 2.05) is 49.4 Å².